The number of aromatic nitrogens is 1. The number of carbonyl (C=O) groups excluding carboxylic acids is 1. The van der Waals surface area contributed by atoms with Crippen LogP contribution in [0.25, 0.3) is 0 Å². The number of Topliss-reactive ketones (excluding diaryl/α,β-unsaturated/α-hetero) is 1. The third-order valence-corrected chi connectivity index (χ3v) is 5.26. The predicted octanol–water partition coefficient (Wildman–Crippen LogP) is 3.81. The van der Waals surface area contributed by atoms with Crippen molar-refractivity contribution in [3.8, 4) is 0 Å². The maximum Gasteiger partial charge on any atom is 0.173 e. The number of carbonyl (C=O) groups is 1. The maximum absolute atomic E-state index is 13.3. The zero-order chi connectivity index (χ0) is 14.7. The molecule has 0 amide bonds. The summed E-state index contributed by atoms with van der Waals surface area (Å²) in [6.45, 7) is 0. The molecule has 0 aromatic carbocycles. The molecule has 114 valence electrons. The number of nitrogens with zero attached hydrogens (tertiary/aromatic N) is 1. The third kappa shape index (κ3) is 2.76. The SMILES string of the molecule is COC1(C(=O)C2CCCc3cccnc32)CCCCCC1. The molecular weight excluding hydrogens is 262 g/mol. The van der Waals surface area contributed by atoms with Crippen molar-refractivity contribution < 1.29 is 9.53 Å². The van der Waals surface area contributed by atoms with E-state index in [1.54, 1.807) is 7.11 Å². The summed E-state index contributed by atoms with van der Waals surface area (Å²) in [4.78, 5) is 17.8. The first-order chi connectivity index (χ1) is 10.3. The van der Waals surface area contributed by atoms with Crippen molar-refractivity contribution in [1.29, 1.82) is 0 Å². The smallest absolute Gasteiger partial charge is 0.173 e. The standard InChI is InChI=1S/C18H25NO2/c1-21-18(11-4-2-3-5-12-18)17(20)15-10-6-8-14-9-7-13-19-16(14)15/h7,9,13,15H,2-6,8,10-12H2,1H3. The Bertz CT molecular complexity index is 504. The topological polar surface area (TPSA) is 39.2 Å². The molecule has 0 N–H and O–H groups in total. The van der Waals surface area contributed by atoms with Gasteiger partial charge in [0.2, 0.25) is 0 Å². The van der Waals surface area contributed by atoms with Crippen LogP contribution in [0, 0.1) is 0 Å². The minimum Gasteiger partial charge on any atom is -0.370 e. The Kier molecular flexibility index (Phi) is 4.39. The fourth-order valence-corrected chi connectivity index (χ4v) is 4.03. The summed E-state index contributed by atoms with van der Waals surface area (Å²) in [5.74, 6) is 0.222. The van der Waals surface area contributed by atoms with E-state index in [4.69, 9.17) is 4.74 Å². The second-order valence-corrected chi connectivity index (χ2v) is 6.47. The number of hydrogen-bond donors (Lipinski definition) is 0. The average molecular weight is 287 g/mol. The molecule has 0 radical (unpaired) electrons. The Labute approximate surface area is 127 Å². The molecule has 3 rings (SSSR count). The van der Waals surface area contributed by atoms with Crippen LogP contribution in [0.4, 0.5) is 0 Å². The van der Waals surface area contributed by atoms with Crippen LogP contribution in [0.5, 0.6) is 0 Å². The monoisotopic (exact) mass is 287 g/mol. The first-order valence-corrected chi connectivity index (χ1v) is 8.30. The van der Waals surface area contributed by atoms with E-state index in [0.717, 1.165) is 50.6 Å². The Morgan fingerprint density at radius 2 is 2.00 bits per heavy atom. The molecule has 1 aromatic heterocycles. The minimum atomic E-state index is -0.562. The van der Waals surface area contributed by atoms with Crippen molar-refractivity contribution >= 4 is 5.78 Å². The molecular formula is C18H25NO2. The van der Waals surface area contributed by atoms with Gasteiger partial charge in [-0.25, -0.2) is 0 Å². The first-order valence-electron chi connectivity index (χ1n) is 8.30. The highest BCUT2D eigenvalue weighted by Gasteiger charge is 2.44. The van der Waals surface area contributed by atoms with E-state index in [1.807, 2.05) is 12.3 Å². The molecule has 2 aliphatic carbocycles. The predicted molar refractivity (Wildman–Crippen MR) is 82.4 cm³/mol. The lowest BCUT2D eigenvalue weighted by atomic mass is 9.76. The second-order valence-electron chi connectivity index (χ2n) is 6.47. The molecule has 0 aliphatic heterocycles. The Hall–Kier alpha value is -1.22. The number of hydrogen-bond acceptors (Lipinski definition) is 3. The van der Waals surface area contributed by atoms with Gasteiger partial charge < -0.3 is 4.74 Å². The molecule has 3 heteroatoms. The second kappa shape index (κ2) is 6.27. The number of fused-ring (bicyclic) bond motifs is 1. The Morgan fingerprint density at radius 3 is 2.71 bits per heavy atom. The van der Waals surface area contributed by atoms with Crippen LogP contribution in [0.2, 0.25) is 0 Å². The van der Waals surface area contributed by atoms with Gasteiger partial charge in [0.1, 0.15) is 5.60 Å². The van der Waals surface area contributed by atoms with Crippen LogP contribution in [-0.4, -0.2) is 23.5 Å². The van der Waals surface area contributed by atoms with Crippen molar-refractivity contribution in [2.45, 2.75) is 69.3 Å². The van der Waals surface area contributed by atoms with Gasteiger partial charge in [-0.3, -0.25) is 9.78 Å². The highest BCUT2D eigenvalue weighted by Crippen LogP contribution is 2.39. The van der Waals surface area contributed by atoms with Crippen molar-refractivity contribution in [1.82, 2.24) is 4.98 Å². The van der Waals surface area contributed by atoms with Crippen molar-refractivity contribution in [2.24, 2.45) is 0 Å². The van der Waals surface area contributed by atoms with Gasteiger partial charge in [0.25, 0.3) is 0 Å². The summed E-state index contributed by atoms with van der Waals surface area (Å²) in [6, 6.07) is 4.10. The minimum absolute atomic E-state index is 0.0620. The quantitative estimate of drug-likeness (QED) is 0.794. The summed E-state index contributed by atoms with van der Waals surface area (Å²) in [5, 5.41) is 0. The molecule has 2 aliphatic rings. The highest BCUT2D eigenvalue weighted by atomic mass is 16.5. The molecule has 1 unspecified atom stereocenters. The van der Waals surface area contributed by atoms with Crippen LogP contribution in [0.1, 0.15) is 68.5 Å². The van der Waals surface area contributed by atoms with Crippen LogP contribution >= 0.6 is 0 Å². The normalized spacial score (nSPS) is 24.9. The molecule has 1 fully saturated rings. The first kappa shape index (κ1) is 14.7. The maximum atomic E-state index is 13.3. The van der Waals surface area contributed by atoms with Crippen LogP contribution in [0.3, 0.4) is 0 Å². The summed E-state index contributed by atoms with van der Waals surface area (Å²) in [6.07, 6.45) is 11.3. The van der Waals surface area contributed by atoms with Gasteiger partial charge in [-0.05, 0) is 43.7 Å². The van der Waals surface area contributed by atoms with Crippen molar-refractivity contribution in [3.63, 3.8) is 0 Å². The van der Waals surface area contributed by atoms with Gasteiger partial charge in [0.15, 0.2) is 5.78 Å². The van der Waals surface area contributed by atoms with E-state index in [0.29, 0.717) is 0 Å². The summed E-state index contributed by atoms with van der Waals surface area (Å²) in [5.41, 5.74) is 1.70. The van der Waals surface area contributed by atoms with Gasteiger partial charge in [-0.1, -0.05) is 31.7 Å². The Morgan fingerprint density at radius 1 is 1.24 bits per heavy atom. The molecule has 1 atom stereocenters. The van der Waals surface area contributed by atoms with Gasteiger partial charge in [0.05, 0.1) is 11.6 Å². The van der Waals surface area contributed by atoms with E-state index in [2.05, 4.69) is 11.1 Å². The lowest BCUT2D eigenvalue weighted by molar-refractivity contribution is -0.145. The molecule has 0 bridgehead atoms. The van der Waals surface area contributed by atoms with E-state index < -0.39 is 5.60 Å². The largest absolute Gasteiger partial charge is 0.370 e. The lowest BCUT2D eigenvalue weighted by Crippen LogP contribution is -2.44. The fraction of sp³-hybridized carbons (Fsp3) is 0.667. The zero-order valence-corrected chi connectivity index (χ0v) is 12.9. The van der Waals surface area contributed by atoms with Gasteiger partial charge in [-0.2, -0.15) is 0 Å². The number of rotatable bonds is 3. The number of ether oxygens (including phenoxy) is 1. The van der Waals surface area contributed by atoms with Crippen LogP contribution in [0.15, 0.2) is 18.3 Å². The summed E-state index contributed by atoms with van der Waals surface area (Å²) < 4.78 is 5.81. The summed E-state index contributed by atoms with van der Waals surface area (Å²) >= 11 is 0. The van der Waals surface area contributed by atoms with E-state index in [-0.39, 0.29) is 11.7 Å². The van der Waals surface area contributed by atoms with E-state index in [1.165, 1.54) is 18.4 Å². The number of ketones is 1. The number of methoxy groups -OCH3 is 1. The number of pyridine rings is 1. The third-order valence-electron chi connectivity index (χ3n) is 5.26. The van der Waals surface area contributed by atoms with Crippen LogP contribution in [-0.2, 0) is 16.0 Å². The van der Waals surface area contributed by atoms with E-state index >= 15 is 0 Å². The average Bonchev–Trinajstić information content (AvgIpc) is 2.80. The van der Waals surface area contributed by atoms with Gasteiger partial charge in [0, 0.05) is 13.3 Å². The molecule has 0 spiro atoms. The van der Waals surface area contributed by atoms with Gasteiger partial charge >= 0.3 is 0 Å². The fourth-order valence-electron chi connectivity index (χ4n) is 4.03. The molecule has 21 heavy (non-hydrogen) atoms. The van der Waals surface area contributed by atoms with Crippen LogP contribution < -0.4 is 0 Å². The summed E-state index contributed by atoms with van der Waals surface area (Å²) in [7, 11) is 1.71. The molecule has 1 aromatic rings. The number of aryl methyl sites for hydroxylation is 1. The molecule has 1 heterocycles. The van der Waals surface area contributed by atoms with Gasteiger partial charge in [-0.15, -0.1) is 0 Å². The zero-order valence-electron chi connectivity index (χ0n) is 12.9. The molecule has 1 saturated carbocycles. The van der Waals surface area contributed by atoms with E-state index in [9.17, 15) is 4.79 Å². The van der Waals surface area contributed by atoms with Crippen molar-refractivity contribution in [3.05, 3.63) is 29.6 Å². The highest BCUT2D eigenvalue weighted by molar-refractivity contribution is 5.93. The molecule has 3 nitrogen and oxygen atoms in total. The van der Waals surface area contributed by atoms with Crippen molar-refractivity contribution in [2.75, 3.05) is 7.11 Å². The molecule has 0 saturated heterocycles. The Balaban J connectivity index is 1.90. The lowest BCUT2D eigenvalue weighted by Gasteiger charge is -2.35.